The van der Waals surface area contributed by atoms with Crippen molar-refractivity contribution >= 4 is 0 Å². The maximum Gasteiger partial charge on any atom is 0.0630 e. The summed E-state index contributed by atoms with van der Waals surface area (Å²) in [5, 5.41) is 3.58. The molecule has 0 aromatic carbocycles. The van der Waals surface area contributed by atoms with Crippen molar-refractivity contribution in [3.05, 3.63) is 0 Å². The summed E-state index contributed by atoms with van der Waals surface area (Å²) in [6, 6.07) is 1.43. The first-order chi connectivity index (χ1) is 8.86. The van der Waals surface area contributed by atoms with E-state index in [1.54, 1.807) is 0 Å². The molecule has 3 unspecified atom stereocenters. The Morgan fingerprint density at radius 1 is 1.28 bits per heavy atom. The van der Waals surface area contributed by atoms with Gasteiger partial charge in [-0.3, -0.25) is 4.90 Å². The van der Waals surface area contributed by atoms with Crippen LogP contribution in [-0.2, 0) is 4.74 Å². The van der Waals surface area contributed by atoms with Gasteiger partial charge in [-0.05, 0) is 51.1 Å². The average molecular weight is 254 g/mol. The van der Waals surface area contributed by atoms with E-state index in [0.717, 1.165) is 31.7 Å². The molecule has 1 heterocycles. The van der Waals surface area contributed by atoms with E-state index in [2.05, 4.69) is 17.1 Å². The number of nitrogens with one attached hydrogen (secondary N) is 1. The van der Waals surface area contributed by atoms with Crippen molar-refractivity contribution in [3.63, 3.8) is 0 Å². The van der Waals surface area contributed by atoms with Gasteiger partial charge >= 0.3 is 0 Å². The van der Waals surface area contributed by atoms with E-state index >= 15 is 0 Å². The standard InChI is InChI=1S/C15H30N2O/c1-3-9-16-11-14(12-18-2)17-10-5-7-13-6-4-8-15(13)17/h13-16H,3-12H2,1-2H3. The number of nitrogens with zero attached hydrogens (tertiary/aromatic N) is 1. The molecular formula is C15H30N2O. The Balaban J connectivity index is 1.90. The number of rotatable bonds is 7. The van der Waals surface area contributed by atoms with Crippen LogP contribution in [0, 0.1) is 5.92 Å². The monoisotopic (exact) mass is 254 g/mol. The van der Waals surface area contributed by atoms with Crippen LogP contribution in [0.4, 0.5) is 0 Å². The van der Waals surface area contributed by atoms with Crippen molar-refractivity contribution in [1.82, 2.24) is 10.2 Å². The topological polar surface area (TPSA) is 24.5 Å². The lowest BCUT2D eigenvalue weighted by atomic mass is 9.90. The number of ether oxygens (including phenoxy) is 1. The van der Waals surface area contributed by atoms with E-state index in [9.17, 15) is 0 Å². The lowest BCUT2D eigenvalue weighted by molar-refractivity contribution is 0.0246. The minimum Gasteiger partial charge on any atom is -0.383 e. The molecule has 3 atom stereocenters. The third-order valence-corrected chi connectivity index (χ3v) is 4.67. The molecule has 1 saturated carbocycles. The lowest BCUT2D eigenvalue weighted by Gasteiger charge is -2.42. The second-order valence-electron chi connectivity index (χ2n) is 5.95. The van der Waals surface area contributed by atoms with Gasteiger partial charge in [0.15, 0.2) is 0 Å². The molecule has 3 heteroatoms. The van der Waals surface area contributed by atoms with Gasteiger partial charge in [0.2, 0.25) is 0 Å². The first-order valence-electron chi connectivity index (χ1n) is 7.82. The molecule has 2 aliphatic rings. The van der Waals surface area contributed by atoms with Crippen LogP contribution in [0.15, 0.2) is 0 Å². The third-order valence-electron chi connectivity index (χ3n) is 4.67. The number of likely N-dealkylation sites (tertiary alicyclic amines) is 1. The van der Waals surface area contributed by atoms with E-state index in [4.69, 9.17) is 4.74 Å². The van der Waals surface area contributed by atoms with Gasteiger partial charge in [0.1, 0.15) is 0 Å². The average Bonchev–Trinajstić information content (AvgIpc) is 2.86. The number of fused-ring (bicyclic) bond motifs is 1. The smallest absolute Gasteiger partial charge is 0.0630 e. The van der Waals surface area contributed by atoms with Gasteiger partial charge in [0, 0.05) is 25.7 Å². The summed E-state index contributed by atoms with van der Waals surface area (Å²) < 4.78 is 5.45. The second kappa shape index (κ2) is 7.46. The van der Waals surface area contributed by atoms with Gasteiger partial charge in [-0.1, -0.05) is 13.3 Å². The van der Waals surface area contributed by atoms with Crippen LogP contribution in [0.2, 0.25) is 0 Å². The fourth-order valence-corrected chi connectivity index (χ4v) is 3.86. The Labute approximate surface area is 112 Å². The second-order valence-corrected chi connectivity index (χ2v) is 5.95. The zero-order valence-electron chi connectivity index (χ0n) is 12.2. The minimum atomic E-state index is 0.576. The fraction of sp³-hybridized carbons (Fsp3) is 1.00. The summed E-state index contributed by atoms with van der Waals surface area (Å²) in [5.41, 5.74) is 0. The molecule has 1 saturated heterocycles. The normalized spacial score (nSPS) is 30.3. The Kier molecular flexibility index (Phi) is 5.93. The van der Waals surface area contributed by atoms with Crippen LogP contribution in [0.25, 0.3) is 0 Å². The minimum absolute atomic E-state index is 0.576. The molecule has 0 amide bonds. The first-order valence-corrected chi connectivity index (χ1v) is 7.82. The SMILES string of the molecule is CCCNCC(COC)N1CCCC2CCCC21. The molecule has 0 aromatic rings. The molecule has 3 nitrogen and oxygen atoms in total. The number of hydrogen-bond donors (Lipinski definition) is 1. The molecule has 18 heavy (non-hydrogen) atoms. The van der Waals surface area contributed by atoms with E-state index < -0.39 is 0 Å². The zero-order valence-corrected chi connectivity index (χ0v) is 12.2. The molecule has 0 radical (unpaired) electrons. The highest BCUT2D eigenvalue weighted by atomic mass is 16.5. The van der Waals surface area contributed by atoms with Gasteiger partial charge in [0.25, 0.3) is 0 Å². The van der Waals surface area contributed by atoms with Crippen LogP contribution < -0.4 is 5.32 Å². The van der Waals surface area contributed by atoms with Gasteiger partial charge < -0.3 is 10.1 Å². The molecule has 0 spiro atoms. The van der Waals surface area contributed by atoms with E-state index in [1.807, 2.05) is 7.11 Å². The number of methoxy groups -OCH3 is 1. The Bertz CT molecular complexity index is 235. The van der Waals surface area contributed by atoms with Crippen molar-refractivity contribution in [2.75, 3.05) is 33.4 Å². The fourth-order valence-electron chi connectivity index (χ4n) is 3.86. The predicted octanol–water partition coefficient (Wildman–Crippen LogP) is 2.27. The van der Waals surface area contributed by atoms with Crippen LogP contribution in [0.5, 0.6) is 0 Å². The van der Waals surface area contributed by atoms with Crippen molar-refractivity contribution in [1.29, 1.82) is 0 Å². The molecular weight excluding hydrogens is 224 g/mol. The molecule has 0 bridgehead atoms. The van der Waals surface area contributed by atoms with Crippen molar-refractivity contribution < 1.29 is 4.74 Å². The molecule has 1 aliphatic heterocycles. The first kappa shape index (κ1) is 14.3. The highest BCUT2D eigenvalue weighted by Crippen LogP contribution is 2.37. The Morgan fingerprint density at radius 3 is 2.89 bits per heavy atom. The van der Waals surface area contributed by atoms with Gasteiger partial charge in [-0.15, -0.1) is 0 Å². The summed E-state index contributed by atoms with van der Waals surface area (Å²) in [7, 11) is 1.84. The largest absolute Gasteiger partial charge is 0.383 e. The summed E-state index contributed by atoms with van der Waals surface area (Å²) in [4.78, 5) is 2.76. The summed E-state index contributed by atoms with van der Waals surface area (Å²) in [6.07, 6.45) is 8.38. The number of piperidine rings is 1. The quantitative estimate of drug-likeness (QED) is 0.705. The Morgan fingerprint density at radius 2 is 2.11 bits per heavy atom. The summed E-state index contributed by atoms with van der Waals surface area (Å²) >= 11 is 0. The van der Waals surface area contributed by atoms with Gasteiger partial charge in [0.05, 0.1) is 6.61 Å². The third kappa shape index (κ3) is 3.46. The van der Waals surface area contributed by atoms with Crippen LogP contribution >= 0.6 is 0 Å². The molecule has 2 rings (SSSR count). The van der Waals surface area contributed by atoms with Crippen LogP contribution in [0.3, 0.4) is 0 Å². The Hall–Kier alpha value is -0.120. The molecule has 1 aliphatic carbocycles. The van der Waals surface area contributed by atoms with E-state index in [0.29, 0.717) is 6.04 Å². The number of hydrogen-bond acceptors (Lipinski definition) is 3. The molecule has 106 valence electrons. The van der Waals surface area contributed by atoms with Gasteiger partial charge in [-0.25, -0.2) is 0 Å². The highest BCUT2D eigenvalue weighted by Gasteiger charge is 2.37. The summed E-state index contributed by atoms with van der Waals surface area (Å²) in [5.74, 6) is 0.976. The van der Waals surface area contributed by atoms with Crippen molar-refractivity contribution in [2.45, 2.75) is 57.5 Å². The molecule has 0 aromatic heterocycles. The maximum atomic E-state index is 5.45. The lowest BCUT2D eigenvalue weighted by Crippen LogP contribution is -2.53. The molecule has 2 fully saturated rings. The van der Waals surface area contributed by atoms with E-state index in [1.165, 1.54) is 45.1 Å². The summed E-state index contributed by atoms with van der Waals surface area (Å²) in [6.45, 7) is 6.60. The van der Waals surface area contributed by atoms with Gasteiger partial charge in [-0.2, -0.15) is 0 Å². The van der Waals surface area contributed by atoms with Crippen molar-refractivity contribution in [3.8, 4) is 0 Å². The highest BCUT2D eigenvalue weighted by molar-refractivity contribution is 4.92. The van der Waals surface area contributed by atoms with Crippen molar-refractivity contribution in [2.24, 2.45) is 5.92 Å². The van der Waals surface area contributed by atoms with Crippen LogP contribution in [-0.4, -0.2) is 50.3 Å². The molecule has 1 N–H and O–H groups in total. The zero-order chi connectivity index (χ0) is 12.8. The predicted molar refractivity (Wildman–Crippen MR) is 75.9 cm³/mol. The maximum absolute atomic E-state index is 5.45. The van der Waals surface area contributed by atoms with Crippen LogP contribution in [0.1, 0.15) is 45.4 Å². The van der Waals surface area contributed by atoms with E-state index in [-0.39, 0.29) is 0 Å².